The first kappa shape index (κ1) is 18.8. The van der Waals surface area contributed by atoms with E-state index >= 15 is 0 Å². The summed E-state index contributed by atoms with van der Waals surface area (Å²) in [5.74, 6) is 6.81. The Kier molecular flexibility index (Phi) is 6.19. The van der Waals surface area contributed by atoms with Crippen molar-refractivity contribution in [2.24, 2.45) is 0 Å². The van der Waals surface area contributed by atoms with Crippen LogP contribution in [0.4, 0.5) is 0 Å². The van der Waals surface area contributed by atoms with E-state index in [0.29, 0.717) is 17.0 Å². The molecule has 0 radical (unpaired) electrons. The molecule has 0 aliphatic heterocycles. The predicted molar refractivity (Wildman–Crippen MR) is 105 cm³/mol. The minimum Gasteiger partial charge on any atom is -0.352 e. The van der Waals surface area contributed by atoms with Gasteiger partial charge >= 0.3 is 0 Å². The number of nitrogen functional groups attached to an aromatic ring is 1. The van der Waals surface area contributed by atoms with Gasteiger partial charge in [-0.15, -0.1) is 10.2 Å². The van der Waals surface area contributed by atoms with E-state index in [1.807, 2.05) is 38.1 Å². The summed E-state index contributed by atoms with van der Waals surface area (Å²) in [7, 11) is 0. The maximum Gasteiger partial charge on any atom is 0.233 e. The van der Waals surface area contributed by atoms with Gasteiger partial charge in [0.2, 0.25) is 11.1 Å². The Labute approximate surface area is 158 Å². The van der Waals surface area contributed by atoms with Gasteiger partial charge in [0.1, 0.15) is 0 Å². The van der Waals surface area contributed by atoms with Gasteiger partial charge in [-0.25, -0.2) is 4.68 Å². The van der Waals surface area contributed by atoms with E-state index in [2.05, 4.69) is 15.5 Å². The van der Waals surface area contributed by atoms with Crippen molar-refractivity contribution in [3.05, 3.63) is 29.8 Å². The number of thioether (sulfide) groups is 1. The fraction of sp³-hybridized carbons (Fsp3) is 0.526. The number of nitrogens with one attached hydrogen (secondary N) is 1. The highest BCUT2D eigenvalue weighted by molar-refractivity contribution is 8.00. The molecule has 2 aromatic rings. The normalized spacial score (nSPS) is 16.8. The van der Waals surface area contributed by atoms with E-state index in [4.69, 9.17) is 5.84 Å². The number of amides is 1. The number of aryl methyl sites for hydroxylation is 1. The molecular weight excluding hydrogens is 346 g/mol. The van der Waals surface area contributed by atoms with Crippen molar-refractivity contribution < 1.29 is 4.79 Å². The molecule has 1 aromatic heterocycles. The lowest BCUT2D eigenvalue weighted by Gasteiger charge is -2.19. The molecule has 1 aromatic carbocycles. The van der Waals surface area contributed by atoms with Crippen molar-refractivity contribution in [3.8, 4) is 11.4 Å². The summed E-state index contributed by atoms with van der Waals surface area (Å²) < 4.78 is 1.46. The average Bonchev–Trinajstić information content (AvgIpc) is 2.83. The van der Waals surface area contributed by atoms with Crippen LogP contribution < -0.4 is 11.2 Å². The number of rotatable bonds is 5. The summed E-state index contributed by atoms with van der Waals surface area (Å²) >= 11 is 1.34. The number of nitrogens with zero attached hydrogens (tertiary/aromatic N) is 3. The van der Waals surface area contributed by atoms with Crippen LogP contribution >= 0.6 is 11.8 Å². The van der Waals surface area contributed by atoms with Gasteiger partial charge in [-0.3, -0.25) is 4.79 Å². The van der Waals surface area contributed by atoms with Crippen LogP contribution in [0, 0.1) is 6.92 Å². The summed E-state index contributed by atoms with van der Waals surface area (Å²) in [4.78, 5) is 12.5. The highest BCUT2D eigenvalue weighted by Crippen LogP contribution is 2.25. The van der Waals surface area contributed by atoms with Gasteiger partial charge in [0.25, 0.3) is 0 Å². The second-order valence-corrected chi connectivity index (χ2v) is 8.31. The standard InChI is InChI=1S/C19H27N5OS/c1-13-9-11-15(12-10-13)17-22-23-19(24(17)20)26-14(2)18(25)21-16-7-5-3-4-6-8-16/h9-12,14,16H,3-8,20H2,1-2H3,(H,21,25)/t14-/m1/s1. The Balaban J connectivity index is 1.63. The van der Waals surface area contributed by atoms with E-state index in [0.717, 1.165) is 18.4 Å². The SMILES string of the molecule is Cc1ccc(-c2nnc(S[C@H](C)C(=O)NC3CCCCCC3)n2N)cc1. The van der Waals surface area contributed by atoms with Crippen LogP contribution in [-0.2, 0) is 4.79 Å². The van der Waals surface area contributed by atoms with E-state index in [1.54, 1.807) is 0 Å². The topological polar surface area (TPSA) is 85.8 Å². The molecule has 6 nitrogen and oxygen atoms in total. The first-order valence-corrected chi connectivity index (χ1v) is 10.2. The summed E-state index contributed by atoms with van der Waals surface area (Å²) in [6, 6.07) is 8.27. The van der Waals surface area contributed by atoms with Crippen molar-refractivity contribution in [3.63, 3.8) is 0 Å². The number of hydrogen-bond acceptors (Lipinski definition) is 5. The molecule has 0 unspecified atom stereocenters. The summed E-state index contributed by atoms with van der Waals surface area (Å²) in [5, 5.41) is 11.8. The first-order chi connectivity index (χ1) is 12.5. The molecule has 0 spiro atoms. The van der Waals surface area contributed by atoms with Gasteiger partial charge in [0.15, 0.2) is 5.82 Å². The number of benzene rings is 1. The van der Waals surface area contributed by atoms with Gasteiger partial charge < -0.3 is 11.2 Å². The zero-order valence-electron chi connectivity index (χ0n) is 15.4. The molecule has 1 saturated carbocycles. The van der Waals surface area contributed by atoms with Crippen molar-refractivity contribution in [1.82, 2.24) is 20.2 Å². The van der Waals surface area contributed by atoms with Gasteiger partial charge in [-0.1, -0.05) is 67.3 Å². The van der Waals surface area contributed by atoms with E-state index in [1.165, 1.54) is 47.7 Å². The fourth-order valence-electron chi connectivity index (χ4n) is 3.21. The molecule has 1 aliphatic rings. The lowest BCUT2D eigenvalue weighted by atomic mass is 10.1. The van der Waals surface area contributed by atoms with Crippen molar-refractivity contribution >= 4 is 17.7 Å². The van der Waals surface area contributed by atoms with Crippen LogP contribution in [0.3, 0.4) is 0 Å². The number of nitrogens with two attached hydrogens (primary N) is 1. The molecule has 26 heavy (non-hydrogen) atoms. The lowest BCUT2D eigenvalue weighted by Crippen LogP contribution is -2.39. The minimum atomic E-state index is -0.268. The van der Waals surface area contributed by atoms with Crippen LogP contribution in [-0.4, -0.2) is 32.1 Å². The van der Waals surface area contributed by atoms with Crippen LogP contribution in [0.25, 0.3) is 11.4 Å². The fourth-order valence-corrected chi connectivity index (χ4v) is 3.99. The number of carbonyl (C=O) groups excluding carboxylic acids is 1. The monoisotopic (exact) mass is 373 g/mol. The third-order valence-corrected chi connectivity index (χ3v) is 5.88. The second kappa shape index (κ2) is 8.58. The largest absolute Gasteiger partial charge is 0.352 e. The second-order valence-electron chi connectivity index (χ2n) is 7.00. The van der Waals surface area contributed by atoms with Crippen LogP contribution in [0.5, 0.6) is 0 Å². The van der Waals surface area contributed by atoms with Crippen molar-refractivity contribution in [1.29, 1.82) is 0 Å². The maximum atomic E-state index is 12.5. The van der Waals surface area contributed by atoms with Crippen molar-refractivity contribution in [2.75, 3.05) is 5.84 Å². The molecular formula is C19H27N5OS. The quantitative estimate of drug-likeness (QED) is 0.477. The minimum absolute atomic E-state index is 0.0433. The van der Waals surface area contributed by atoms with E-state index in [9.17, 15) is 4.79 Å². The Hall–Kier alpha value is -2.02. The smallest absolute Gasteiger partial charge is 0.233 e. The first-order valence-electron chi connectivity index (χ1n) is 9.29. The zero-order valence-corrected chi connectivity index (χ0v) is 16.3. The average molecular weight is 374 g/mol. The molecule has 1 fully saturated rings. The summed E-state index contributed by atoms with van der Waals surface area (Å²) in [6.07, 6.45) is 7.10. The third-order valence-electron chi connectivity index (χ3n) is 4.83. The van der Waals surface area contributed by atoms with E-state index < -0.39 is 0 Å². The predicted octanol–water partition coefficient (Wildman–Crippen LogP) is 3.29. The Bertz CT molecular complexity index is 735. The maximum absolute atomic E-state index is 12.5. The Morgan fingerprint density at radius 2 is 1.85 bits per heavy atom. The van der Waals surface area contributed by atoms with Crippen LogP contribution in [0.2, 0.25) is 0 Å². The molecule has 1 aliphatic carbocycles. The summed E-state index contributed by atoms with van der Waals surface area (Å²) in [6.45, 7) is 3.92. The molecule has 0 saturated heterocycles. The third kappa shape index (κ3) is 4.58. The molecule has 0 bridgehead atoms. The molecule has 3 rings (SSSR count). The van der Waals surface area contributed by atoms with Crippen LogP contribution in [0.1, 0.15) is 51.0 Å². The molecule has 3 N–H and O–H groups in total. The van der Waals surface area contributed by atoms with Gasteiger partial charge in [-0.2, -0.15) is 0 Å². The molecule has 140 valence electrons. The van der Waals surface area contributed by atoms with Crippen LogP contribution in [0.15, 0.2) is 29.4 Å². The molecule has 1 amide bonds. The van der Waals surface area contributed by atoms with E-state index in [-0.39, 0.29) is 11.2 Å². The van der Waals surface area contributed by atoms with Gasteiger partial charge in [-0.05, 0) is 26.7 Å². The number of hydrogen-bond donors (Lipinski definition) is 2. The zero-order chi connectivity index (χ0) is 18.5. The Morgan fingerprint density at radius 3 is 2.50 bits per heavy atom. The van der Waals surface area contributed by atoms with Gasteiger partial charge in [0, 0.05) is 11.6 Å². The Morgan fingerprint density at radius 1 is 1.19 bits per heavy atom. The highest BCUT2D eigenvalue weighted by atomic mass is 32.2. The number of carbonyl (C=O) groups is 1. The molecule has 7 heteroatoms. The molecule has 1 heterocycles. The summed E-state index contributed by atoms with van der Waals surface area (Å²) in [5.41, 5.74) is 2.09. The van der Waals surface area contributed by atoms with Gasteiger partial charge in [0.05, 0.1) is 5.25 Å². The molecule has 1 atom stereocenters. The van der Waals surface area contributed by atoms with Crippen molar-refractivity contribution in [2.45, 2.75) is 68.8 Å². The number of aromatic nitrogens is 3. The highest BCUT2D eigenvalue weighted by Gasteiger charge is 2.22. The lowest BCUT2D eigenvalue weighted by molar-refractivity contribution is -0.121.